The van der Waals surface area contributed by atoms with Gasteiger partial charge in [-0.05, 0) is 23.6 Å². The van der Waals surface area contributed by atoms with Crippen molar-refractivity contribution in [2.45, 2.75) is 60.2 Å². The van der Waals surface area contributed by atoms with Crippen molar-refractivity contribution in [1.82, 2.24) is 10.2 Å². The molecular weight excluding hydrogens is 244 g/mol. The average Bonchev–Trinajstić information content (AvgIpc) is 2.44. The summed E-state index contributed by atoms with van der Waals surface area (Å²) in [6, 6.07) is 9.52. The third kappa shape index (κ3) is 6.53. The molecule has 1 N–H and O–H groups in total. The zero-order valence-electron chi connectivity index (χ0n) is 13.9. The molecule has 1 aromatic rings. The summed E-state index contributed by atoms with van der Waals surface area (Å²) in [5, 5.41) is 3.48. The molecule has 0 saturated carbocycles. The SMILES string of the molecule is CCC(C)CN(CC)Cc1cccc(CNC(C)C)c1. The summed E-state index contributed by atoms with van der Waals surface area (Å²) in [6.45, 7) is 15.6. The summed E-state index contributed by atoms with van der Waals surface area (Å²) >= 11 is 0. The van der Waals surface area contributed by atoms with Crippen LogP contribution in [0.1, 0.15) is 52.2 Å². The Hall–Kier alpha value is -0.860. The van der Waals surface area contributed by atoms with Gasteiger partial charge in [-0.25, -0.2) is 0 Å². The van der Waals surface area contributed by atoms with Crippen molar-refractivity contribution < 1.29 is 0 Å². The van der Waals surface area contributed by atoms with E-state index >= 15 is 0 Å². The topological polar surface area (TPSA) is 15.3 Å². The molecule has 1 atom stereocenters. The lowest BCUT2D eigenvalue weighted by atomic mass is 10.1. The van der Waals surface area contributed by atoms with Crippen LogP contribution in [0.5, 0.6) is 0 Å². The van der Waals surface area contributed by atoms with E-state index in [4.69, 9.17) is 0 Å². The van der Waals surface area contributed by atoms with Gasteiger partial charge in [0.25, 0.3) is 0 Å². The standard InChI is InChI=1S/C18H32N2/c1-6-16(5)13-20(7-2)14-18-10-8-9-17(11-18)12-19-15(3)4/h8-11,15-16,19H,6-7,12-14H2,1-5H3. The predicted molar refractivity (Wildman–Crippen MR) is 88.8 cm³/mol. The van der Waals surface area contributed by atoms with Crippen molar-refractivity contribution in [3.05, 3.63) is 35.4 Å². The first-order valence-corrected chi connectivity index (χ1v) is 8.08. The second-order valence-electron chi connectivity index (χ2n) is 6.20. The Morgan fingerprint density at radius 2 is 1.80 bits per heavy atom. The second kappa shape index (κ2) is 9.15. The summed E-state index contributed by atoms with van der Waals surface area (Å²) in [6.07, 6.45) is 1.26. The maximum atomic E-state index is 3.48. The quantitative estimate of drug-likeness (QED) is 0.732. The first kappa shape index (κ1) is 17.2. The van der Waals surface area contributed by atoms with E-state index in [1.807, 2.05) is 0 Å². The summed E-state index contributed by atoms with van der Waals surface area (Å²) in [7, 11) is 0. The summed E-state index contributed by atoms with van der Waals surface area (Å²) in [5.41, 5.74) is 2.81. The normalized spacial score (nSPS) is 13.2. The lowest BCUT2D eigenvalue weighted by Crippen LogP contribution is -2.28. The van der Waals surface area contributed by atoms with Gasteiger partial charge in [-0.2, -0.15) is 0 Å². The van der Waals surface area contributed by atoms with Gasteiger partial charge in [0.15, 0.2) is 0 Å². The third-order valence-corrected chi connectivity index (χ3v) is 3.83. The molecule has 20 heavy (non-hydrogen) atoms. The van der Waals surface area contributed by atoms with E-state index in [2.05, 4.69) is 69.1 Å². The van der Waals surface area contributed by atoms with Gasteiger partial charge in [-0.15, -0.1) is 0 Å². The molecule has 114 valence electrons. The third-order valence-electron chi connectivity index (χ3n) is 3.83. The molecule has 1 aromatic carbocycles. The second-order valence-corrected chi connectivity index (χ2v) is 6.20. The highest BCUT2D eigenvalue weighted by Crippen LogP contribution is 2.11. The molecule has 0 saturated heterocycles. The van der Waals surface area contributed by atoms with Gasteiger partial charge in [0, 0.05) is 25.7 Å². The summed E-state index contributed by atoms with van der Waals surface area (Å²) in [5.74, 6) is 0.778. The molecule has 2 heteroatoms. The number of benzene rings is 1. The van der Waals surface area contributed by atoms with Gasteiger partial charge < -0.3 is 5.32 Å². The van der Waals surface area contributed by atoms with Crippen LogP contribution in [0.15, 0.2) is 24.3 Å². The fourth-order valence-corrected chi connectivity index (χ4v) is 2.29. The van der Waals surface area contributed by atoms with Crippen LogP contribution in [0, 0.1) is 5.92 Å². The van der Waals surface area contributed by atoms with E-state index < -0.39 is 0 Å². The van der Waals surface area contributed by atoms with E-state index in [0.29, 0.717) is 6.04 Å². The number of hydrogen-bond acceptors (Lipinski definition) is 2. The van der Waals surface area contributed by atoms with E-state index in [0.717, 1.165) is 25.6 Å². The summed E-state index contributed by atoms with van der Waals surface area (Å²) < 4.78 is 0. The van der Waals surface area contributed by atoms with Crippen molar-refractivity contribution >= 4 is 0 Å². The smallest absolute Gasteiger partial charge is 0.0233 e. The van der Waals surface area contributed by atoms with Gasteiger partial charge in [-0.1, -0.05) is 65.3 Å². The van der Waals surface area contributed by atoms with Crippen molar-refractivity contribution in [2.75, 3.05) is 13.1 Å². The first-order valence-electron chi connectivity index (χ1n) is 8.08. The van der Waals surface area contributed by atoms with E-state index in [-0.39, 0.29) is 0 Å². The maximum absolute atomic E-state index is 3.48. The Morgan fingerprint density at radius 1 is 1.10 bits per heavy atom. The molecule has 0 heterocycles. The summed E-state index contributed by atoms with van der Waals surface area (Å²) in [4.78, 5) is 2.54. The molecule has 0 aliphatic heterocycles. The monoisotopic (exact) mass is 276 g/mol. The van der Waals surface area contributed by atoms with Crippen LogP contribution in [0.3, 0.4) is 0 Å². The number of hydrogen-bond donors (Lipinski definition) is 1. The van der Waals surface area contributed by atoms with Crippen molar-refractivity contribution in [3.63, 3.8) is 0 Å². The maximum Gasteiger partial charge on any atom is 0.0233 e. The fraction of sp³-hybridized carbons (Fsp3) is 0.667. The Bertz CT molecular complexity index is 373. The Kier molecular flexibility index (Phi) is 7.86. The Morgan fingerprint density at radius 3 is 2.40 bits per heavy atom. The number of nitrogens with one attached hydrogen (secondary N) is 1. The fourth-order valence-electron chi connectivity index (χ4n) is 2.29. The van der Waals surface area contributed by atoms with Crippen molar-refractivity contribution in [1.29, 1.82) is 0 Å². The average molecular weight is 276 g/mol. The minimum Gasteiger partial charge on any atom is -0.310 e. The molecule has 0 radical (unpaired) electrons. The molecule has 1 rings (SSSR count). The van der Waals surface area contributed by atoms with Gasteiger partial charge in [-0.3, -0.25) is 4.90 Å². The van der Waals surface area contributed by atoms with E-state index in [9.17, 15) is 0 Å². The molecule has 0 aliphatic rings. The molecule has 2 nitrogen and oxygen atoms in total. The minimum atomic E-state index is 0.538. The molecule has 0 fully saturated rings. The molecule has 1 unspecified atom stereocenters. The first-order chi connectivity index (χ1) is 9.55. The van der Waals surface area contributed by atoms with Crippen molar-refractivity contribution in [3.8, 4) is 0 Å². The van der Waals surface area contributed by atoms with E-state index in [1.165, 1.54) is 24.1 Å². The zero-order chi connectivity index (χ0) is 15.0. The predicted octanol–water partition coefficient (Wildman–Crippen LogP) is 4.05. The number of rotatable bonds is 9. The van der Waals surface area contributed by atoms with Gasteiger partial charge in [0.05, 0.1) is 0 Å². The molecular formula is C18H32N2. The Labute approximate surface area is 125 Å². The molecule has 0 bridgehead atoms. The molecule has 0 spiro atoms. The van der Waals surface area contributed by atoms with Gasteiger partial charge in [0.1, 0.15) is 0 Å². The van der Waals surface area contributed by atoms with Crippen LogP contribution in [0.25, 0.3) is 0 Å². The van der Waals surface area contributed by atoms with E-state index in [1.54, 1.807) is 0 Å². The van der Waals surface area contributed by atoms with Crippen LogP contribution in [0.4, 0.5) is 0 Å². The van der Waals surface area contributed by atoms with Crippen LogP contribution < -0.4 is 5.32 Å². The lowest BCUT2D eigenvalue weighted by molar-refractivity contribution is 0.238. The van der Waals surface area contributed by atoms with Gasteiger partial charge >= 0.3 is 0 Å². The van der Waals surface area contributed by atoms with Crippen LogP contribution >= 0.6 is 0 Å². The largest absolute Gasteiger partial charge is 0.310 e. The van der Waals surface area contributed by atoms with Crippen LogP contribution in [0.2, 0.25) is 0 Å². The molecule has 0 amide bonds. The zero-order valence-corrected chi connectivity index (χ0v) is 13.9. The minimum absolute atomic E-state index is 0.538. The lowest BCUT2D eigenvalue weighted by Gasteiger charge is -2.24. The van der Waals surface area contributed by atoms with Crippen LogP contribution in [-0.4, -0.2) is 24.0 Å². The Balaban J connectivity index is 2.59. The highest BCUT2D eigenvalue weighted by molar-refractivity contribution is 5.23. The molecule has 0 aromatic heterocycles. The highest BCUT2D eigenvalue weighted by atomic mass is 15.1. The van der Waals surface area contributed by atoms with Gasteiger partial charge in [0.2, 0.25) is 0 Å². The van der Waals surface area contributed by atoms with Crippen LogP contribution in [-0.2, 0) is 13.1 Å². The molecule has 0 aliphatic carbocycles. The van der Waals surface area contributed by atoms with Crippen molar-refractivity contribution in [2.24, 2.45) is 5.92 Å². The number of nitrogens with zero attached hydrogens (tertiary/aromatic N) is 1. The highest BCUT2D eigenvalue weighted by Gasteiger charge is 2.08.